The van der Waals surface area contributed by atoms with Gasteiger partial charge >= 0.3 is 6.18 Å². The van der Waals surface area contributed by atoms with E-state index in [1.807, 2.05) is 0 Å². The fraction of sp³-hybridized carbons (Fsp3) is 0.400. The van der Waals surface area contributed by atoms with E-state index in [-0.39, 0.29) is 12.0 Å². The molecule has 2 rings (SSSR count). The van der Waals surface area contributed by atoms with Gasteiger partial charge < -0.3 is 4.98 Å². The van der Waals surface area contributed by atoms with E-state index in [4.69, 9.17) is 5.26 Å². The number of hydrogen-bond donors (Lipinski definition) is 1. The third-order valence-corrected chi connectivity index (χ3v) is 2.66. The highest BCUT2D eigenvalue weighted by atomic mass is 19.4. The van der Waals surface area contributed by atoms with Gasteiger partial charge in [-0.2, -0.15) is 18.4 Å². The van der Waals surface area contributed by atoms with Crippen LogP contribution in [0.3, 0.4) is 0 Å². The molecular weight excluding hydrogens is 221 g/mol. The molecule has 6 heteroatoms. The Morgan fingerprint density at radius 3 is 2.56 bits per heavy atom. The van der Waals surface area contributed by atoms with Gasteiger partial charge in [0.25, 0.3) is 5.56 Å². The lowest BCUT2D eigenvalue weighted by Gasteiger charge is -2.12. The molecule has 0 amide bonds. The number of aromatic amines is 1. The zero-order chi connectivity index (χ0) is 11.9. The average molecular weight is 228 g/mol. The summed E-state index contributed by atoms with van der Waals surface area (Å²) in [6, 6.07) is 1.34. The maximum Gasteiger partial charge on any atom is 0.418 e. The summed E-state index contributed by atoms with van der Waals surface area (Å²) in [7, 11) is 0. The number of alkyl halides is 3. The summed E-state index contributed by atoms with van der Waals surface area (Å²) in [5, 5.41) is 8.62. The van der Waals surface area contributed by atoms with E-state index in [1.165, 1.54) is 6.07 Å². The smallest absolute Gasteiger partial charge is 0.325 e. The number of nitrogens with zero attached hydrogens (tertiary/aromatic N) is 1. The Hall–Kier alpha value is -1.77. The summed E-state index contributed by atoms with van der Waals surface area (Å²) >= 11 is 0. The van der Waals surface area contributed by atoms with Crippen molar-refractivity contribution in [2.75, 3.05) is 0 Å². The van der Waals surface area contributed by atoms with Crippen LogP contribution in [-0.2, 0) is 19.0 Å². The van der Waals surface area contributed by atoms with Gasteiger partial charge in [-0.3, -0.25) is 4.79 Å². The molecule has 1 aliphatic carbocycles. The second-order valence-corrected chi connectivity index (χ2v) is 3.62. The van der Waals surface area contributed by atoms with Crippen molar-refractivity contribution in [2.24, 2.45) is 0 Å². The number of hydrogen-bond acceptors (Lipinski definition) is 2. The van der Waals surface area contributed by atoms with Gasteiger partial charge in [-0.15, -0.1) is 0 Å². The minimum absolute atomic E-state index is 0.0728. The molecule has 84 valence electrons. The first-order valence-corrected chi connectivity index (χ1v) is 4.70. The summed E-state index contributed by atoms with van der Waals surface area (Å²) in [5.41, 5.74) is -2.44. The largest absolute Gasteiger partial charge is 0.418 e. The van der Waals surface area contributed by atoms with Crippen LogP contribution in [0.2, 0.25) is 0 Å². The summed E-state index contributed by atoms with van der Waals surface area (Å²) in [4.78, 5) is 13.6. The van der Waals surface area contributed by atoms with Crippen LogP contribution in [0.1, 0.15) is 28.8 Å². The summed E-state index contributed by atoms with van der Waals surface area (Å²) in [6.07, 6.45) is -3.38. The van der Waals surface area contributed by atoms with Crippen LogP contribution in [0.15, 0.2) is 4.79 Å². The van der Waals surface area contributed by atoms with Crippen molar-refractivity contribution in [1.82, 2.24) is 4.98 Å². The monoisotopic (exact) mass is 228 g/mol. The minimum atomic E-state index is -4.65. The van der Waals surface area contributed by atoms with Gasteiger partial charge in [0.2, 0.25) is 0 Å². The molecule has 1 heterocycles. The van der Waals surface area contributed by atoms with Crippen LogP contribution in [0.5, 0.6) is 0 Å². The number of pyridine rings is 1. The first-order valence-electron chi connectivity index (χ1n) is 4.70. The zero-order valence-corrected chi connectivity index (χ0v) is 8.11. The number of rotatable bonds is 0. The molecule has 0 aliphatic heterocycles. The Kier molecular flexibility index (Phi) is 2.26. The van der Waals surface area contributed by atoms with Gasteiger partial charge in [-0.25, -0.2) is 0 Å². The first-order chi connectivity index (χ1) is 7.45. The number of H-pyrrole nitrogens is 1. The van der Waals surface area contributed by atoms with E-state index in [1.54, 1.807) is 0 Å². The van der Waals surface area contributed by atoms with Gasteiger partial charge in [-0.05, 0) is 24.8 Å². The van der Waals surface area contributed by atoms with Crippen LogP contribution in [-0.4, -0.2) is 4.98 Å². The molecular formula is C10H7F3N2O. The van der Waals surface area contributed by atoms with Gasteiger partial charge in [-0.1, -0.05) is 0 Å². The Labute approximate surface area is 88.5 Å². The lowest BCUT2D eigenvalue weighted by atomic mass is 10.0. The highest BCUT2D eigenvalue weighted by molar-refractivity contribution is 5.46. The predicted molar refractivity (Wildman–Crippen MR) is 48.8 cm³/mol. The molecule has 0 spiro atoms. The van der Waals surface area contributed by atoms with Crippen molar-refractivity contribution in [3.8, 4) is 6.07 Å². The molecule has 0 bridgehead atoms. The average Bonchev–Trinajstić information content (AvgIpc) is 2.60. The van der Waals surface area contributed by atoms with Crippen molar-refractivity contribution < 1.29 is 13.2 Å². The molecule has 0 unspecified atom stereocenters. The third-order valence-electron chi connectivity index (χ3n) is 2.66. The fourth-order valence-corrected chi connectivity index (χ4v) is 2.04. The lowest BCUT2D eigenvalue weighted by Crippen LogP contribution is -2.22. The quantitative estimate of drug-likeness (QED) is 0.735. The van der Waals surface area contributed by atoms with Crippen molar-refractivity contribution in [1.29, 1.82) is 5.26 Å². The molecule has 3 nitrogen and oxygen atoms in total. The predicted octanol–water partition coefficient (Wildman–Crippen LogP) is 1.75. The molecule has 0 fully saturated rings. The summed E-state index contributed by atoms with van der Waals surface area (Å²) in [6.45, 7) is 0. The number of aryl methyl sites for hydroxylation is 1. The normalized spacial score (nSPS) is 14.6. The van der Waals surface area contributed by atoms with Crippen molar-refractivity contribution in [2.45, 2.75) is 25.4 Å². The fourth-order valence-electron chi connectivity index (χ4n) is 2.04. The van der Waals surface area contributed by atoms with E-state index in [2.05, 4.69) is 4.98 Å². The number of halogens is 3. The molecule has 0 atom stereocenters. The molecule has 0 saturated heterocycles. The Morgan fingerprint density at radius 1 is 1.31 bits per heavy atom. The highest BCUT2D eigenvalue weighted by Gasteiger charge is 2.39. The van der Waals surface area contributed by atoms with Crippen LogP contribution < -0.4 is 5.56 Å². The third kappa shape index (κ3) is 1.48. The zero-order valence-electron chi connectivity index (χ0n) is 8.11. The van der Waals surface area contributed by atoms with Gasteiger partial charge in [0, 0.05) is 5.69 Å². The van der Waals surface area contributed by atoms with Gasteiger partial charge in [0.1, 0.15) is 11.6 Å². The summed E-state index contributed by atoms with van der Waals surface area (Å²) < 4.78 is 38.3. The molecule has 1 aliphatic rings. The number of nitriles is 1. The maximum atomic E-state index is 12.8. The van der Waals surface area contributed by atoms with E-state index < -0.39 is 22.9 Å². The lowest BCUT2D eigenvalue weighted by molar-refractivity contribution is -0.138. The molecule has 0 radical (unpaired) electrons. The number of nitrogens with one attached hydrogen (secondary N) is 1. The standard InChI is InChI=1S/C10H7F3N2O/c11-10(12,13)8-5-2-1-3-7(5)15-9(16)6(8)4-14/h1-3H2,(H,15,16). The second-order valence-electron chi connectivity index (χ2n) is 3.62. The maximum absolute atomic E-state index is 12.8. The summed E-state index contributed by atoms with van der Waals surface area (Å²) in [5.74, 6) is 0. The van der Waals surface area contributed by atoms with Crippen LogP contribution in [0.4, 0.5) is 13.2 Å². The Bertz CT molecular complexity index is 537. The van der Waals surface area contributed by atoms with Crippen molar-refractivity contribution in [3.05, 3.63) is 32.7 Å². The van der Waals surface area contributed by atoms with Crippen molar-refractivity contribution in [3.63, 3.8) is 0 Å². The Balaban J connectivity index is 2.84. The van der Waals surface area contributed by atoms with Crippen LogP contribution >= 0.6 is 0 Å². The highest BCUT2D eigenvalue weighted by Crippen LogP contribution is 2.37. The molecule has 16 heavy (non-hydrogen) atoms. The first kappa shape index (κ1) is 10.7. The van der Waals surface area contributed by atoms with E-state index in [0.717, 1.165) is 0 Å². The second kappa shape index (κ2) is 3.37. The number of fused-ring (bicyclic) bond motifs is 1. The molecule has 1 aromatic rings. The van der Waals surface area contributed by atoms with Crippen LogP contribution in [0.25, 0.3) is 0 Å². The van der Waals surface area contributed by atoms with E-state index >= 15 is 0 Å². The SMILES string of the molecule is N#Cc1c(C(F)(F)F)c2c([nH]c1=O)CCC2. The van der Waals surface area contributed by atoms with Gasteiger partial charge in [0.05, 0.1) is 5.56 Å². The van der Waals surface area contributed by atoms with E-state index in [9.17, 15) is 18.0 Å². The topological polar surface area (TPSA) is 56.6 Å². The Morgan fingerprint density at radius 2 is 2.00 bits per heavy atom. The molecule has 0 aromatic carbocycles. The van der Waals surface area contributed by atoms with Crippen molar-refractivity contribution >= 4 is 0 Å². The minimum Gasteiger partial charge on any atom is -0.325 e. The molecule has 1 aromatic heterocycles. The van der Waals surface area contributed by atoms with Crippen LogP contribution in [0, 0.1) is 11.3 Å². The van der Waals surface area contributed by atoms with E-state index in [0.29, 0.717) is 18.5 Å². The van der Waals surface area contributed by atoms with Gasteiger partial charge in [0.15, 0.2) is 0 Å². The number of aromatic nitrogens is 1. The molecule has 0 saturated carbocycles. The molecule has 1 N–H and O–H groups in total.